The van der Waals surface area contributed by atoms with Crippen LogP contribution in [0, 0.1) is 0 Å². The van der Waals surface area contributed by atoms with Crippen molar-refractivity contribution in [2.24, 2.45) is 0 Å². The third-order valence-electron chi connectivity index (χ3n) is 5.73. The van der Waals surface area contributed by atoms with Gasteiger partial charge in [0.2, 0.25) is 0 Å². The number of hydrogen-bond acceptors (Lipinski definition) is 4. The van der Waals surface area contributed by atoms with Gasteiger partial charge in [-0.05, 0) is 56.7 Å². The minimum Gasteiger partial charge on any atom is -0.436 e. The lowest BCUT2D eigenvalue weighted by atomic mass is 9.83. The zero-order chi connectivity index (χ0) is 30.4. The van der Waals surface area contributed by atoms with Crippen LogP contribution in [0.25, 0.3) is 0 Å². The van der Waals surface area contributed by atoms with Crippen molar-refractivity contribution in [3.05, 3.63) is 34.9 Å². The summed E-state index contributed by atoms with van der Waals surface area (Å²) in [5.74, 6) is 0. The van der Waals surface area contributed by atoms with Crippen molar-refractivity contribution in [3.8, 4) is 0 Å². The molecule has 0 atom stereocenters. The van der Waals surface area contributed by atoms with E-state index in [4.69, 9.17) is 8.54 Å². The Labute approximate surface area is 241 Å². The SMILES string of the molecule is C.C.C.C.CO[Si](C)(C)O[Si](C)(C)CCCc1cc(C(O)(C(F)(F)F)C(F)(F)F)cc(C(O)(C(F)(F)F)C(F)(F)F)c1. The van der Waals surface area contributed by atoms with Crippen molar-refractivity contribution >= 4 is 16.9 Å². The van der Waals surface area contributed by atoms with E-state index in [2.05, 4.69) is 0 Å². The van der Waals surface area contributed by atoms with E-state index >= 15 is 0 Å². The molecule has 2 N–H and O–H groups in total. The van der Waals surface area contributed by atoms with Crippen LogP contribution in [0.3, 0.4) is 0 Å². The van der Waals surface area contributed by atoms with Gasteiger partial charge in [-0.15, -0.1) is 0 Å². The third kappa shape index (κ3) is 9.83. The van der Waals surface area contributed by atoms with Crippen LogP contribution in [0.1, 0.15) is 52.8 Å². The van der Waals surface area contributed by atoms with E-state index in [1.165, 1.54) is 7.11 Å². The fraction of sp³-hybridized carbons (Fsp3) is 0.750. The highest BCUT2D eigenvalue weighted by atomic mass is 28.4. The van der Waals surface area contributed by atoms with Crippen molar-refractivity contribution in [2.75, 3.05) is 7.11 Å². The first-order chi connectivity index (χ1) is 16.6. The Morgan fingerprint density at radius 2 is 0.929 bits per heavy atom. The molecule has 1 rings (SSSR count). The summed E-state index contributed by atoms with van der Waals surface area (Å²) in [5, 5.41) is 19.3. The zero-order valence-electron chi connectivity index (χ0n) is 20.6. The van der Waals surface area contributed by atoms with E-state index in [0.29, 0.717) is 0 Å². The summed E-state index contributed by atoms with van der Waals surface area (Å²) in [4.78, 5) is 0. The van der Waals surface area contributed by atoms with Crippen LogP contribution in [0.2, 0.25) is 32.2 Å². The molecule has 0 spiro atoms. The molecule has 1 aromatic carbocycles. The van der Waals surface area contributed by atoms with Crippen molar-refractivity contribution in [3.63, 3.8) is 0 Å². The summed E-state index contributed by atoms with van der Waals surface area (Å²) in [5.41, 5.74) is -17.2. The number of rotatable bonds is 9. The fourth-order valence-electron chi connectivity index (χ4n) is 3.71. The molecule has 0 fully saturated rings. The fourth-order valence-corrected chi connectivity index (χ4v) is 10.8. The third-order valence-corrected chi connectivity index (χ3v) is 12.4. The molecule has 254 valence electrons. The number of hydrogen-bond donors (Lipinski definition) is 2. The summed E-state index contributed by atoms with van der Waals surface area (Å²) in [6.45, 7) is 6.73. The Hall–Kier alpha value is -1.35. The van der Waals surface area contributed by atoms with E-state index in [1.807, 2.05) is 0 Å². The predicted molar refractivity (Wildman–Crippen MR) is 142 cm³/mol. The van der Waals surface area contributed by atoms with Crippen molar-refractivity contribution in [1.29, 1.82) is 0 Å². The summed E-state index contributed by atoms with van der Waals surface area (Å²) in [6, 6.07) is -0.625. The molecule has 1 aromatic rings. The normalized spacial score (nSPS) is 13.8. The molecular weight excluding hydrogens is 636 g/mol. The molecule has 0 aliphatic carbocycles. The Morgan fingerprint density at radius 3 is 1.19 bits per heavy atom. The molecule has 4 nitrogen and oxygen atoms in total. The van der Waals surface area contributed by atoms with E-state index in [9.17, 15) is 62.9 Å². The number of benzene rings is 1. The van der Waals surface area contributed by atoms with Crippen molar-refractivity contribution < 1.29 is 71.4 Å². The lowest BCUT2D eigenvalue weighted by Crippen LogP contribution is -2.55. The minimum absolute atomic E-state index is 0. The van der Waals surface area contributed by atoms with Gasteiger partial charge in [0.05, 0.1) is 0 Å². The molecule has 0 bridgehead atoms. The molecule has 0 heterocycles. The summed E-state index contributed by atoms with van der Waals surface area (Å²) >= 11 is 0. The Balaban J connectivity index is -0.00000180. The van der Waals surface area contributed by atoms with Crippen molar-refractivity contribution in [2.45, 2.75) is 111 Å². The summed E-state index contributed by atoms with van der Waals surface area (Å²) in [6.07, 6.45) is -27.1. The first kappa shape index (κ1) is 47.6. The van der Waals surface area contributed by atoms with Crippen LogP contribution >= 0.6 is 0 Å². The second-order valence-electron chi connectivity index (χ2n) is 9.65. The molecule has 0 amide bonds. The van der Waals surface area contributed by atoms with E-state index in [1.54, 1.807) is 26.2 Å². The molecule has 0 aliphatic rings. The van der Waals surface area contributed by atoms with Crippen LogP contribution in [0.5, 0.6) is 0 Å². The van der Waals surface area contributed by atoms with Gasteiger partial charge >= 0.3 is 33.3 Å². The number of alkyl halides is 12. The summed E-state index contributed by atoms with van der Waals surface area (Å²) in [7, 11) is -3.83. The molecule has 0 saturated carbocycles. The Kier molecular flexibility index (Phi) is 16.6. The first-order valence-corrected chi connectivity index (χ1v) is 16.6. The van der Waals surface area contributed by atoms with Gasteiger partial charge in [0.25, 0.3) is 11.2 Å². The van der Waals surface area contributed by atoms with E-state index in [0.717, 1.165) is 0 Å². The topological polar surface area (TPSA) is 58.9 Å². The second-order valence-corrected chi connectivity index (χ2v) is 17.7. The van der Waals surface area contributed by atoms with Crippen LogP contribution in [-0.4, -0.2) is 58.9 Å². The quantitative estimate of drug-likeness (QED) is 0.202. The van der Waals surface area contributed by atoms with Crippen LogP contribution in [0.4, 0.5) is 52.7 Å². The average Bonchev–Trinajstić information content (AvgIpc) is 2.67. The van der Waals surface area contributed by atoms with Crippen LogP contribution < -0.4 is 0 Å². The van der Waals surface area contributed by atoms with Crippen molar-refractivity contribution in [1.82, 2.24) is 0 Å². The van der Waals surface area contributed by atoms with Crippen LogP contribution in [0.15, 0.2) is 18.2 Å². The smallest absolute Gasteiger partial charge is 0.430 e. The summed E-state index contributed by atoms with van der Waals surface area (Å²) < 4.78 is 172. The average molecular weight is 679 g/mol. The molecule has 0 aliphatic heterocycles. The van der Waals surface area contributed by atoms with Gasteiger partial charge in [0, 0.05) is 18.2 Å². The van der Waals surface area contributed by atoms with Gasteiger partial charge in [-0.3, -0.25) is 0 Å². The Bertz CT molecular complexity index is 888. The molecule has 0 radical (unpaired) electrons. The maximum atomic E-state index is 13.4. The van der Waals surface area contributed by atoms with Gasteiger partial charge in [-0.2, -0.15) is 52.7 Å². The molecule has 18 heteroatoms. The monoisotopic (exact) mass is 678 g/mol. The highest BCUT2D eigenvalue weighted by Crippen LogP contribution is 2.54. The van der Waals surface area contributed by atoms with Crippen LogP contribution in [-0.2, 0) is 26.2 Å². The highest BCUT2D eigenvalue weighted by molar-refractivity contribution is 6.82. The van der Waals surface area contributed by atoms with Gasteiger partial charge < -0.3 is 18.8 Å². The number of halogens is 12. The van der Waals surface area contributed by atoms with Gasteiger partial charge in [0.1, 0.15) is 0 Å². The largest absolute Gasteiger partial charge is 0.436 e. The Morgan fingerprint density at radius 1 is 0.619 bits per heavy atom. The second kappa shape index (κ2) is 14.6. The standard InChI is InChI=1S/C20H26F12O4Si2.4CH4/c1-35-38(4,5)36-37(2,3)8-6-7-12-9-13(15(33,17(21,22)23)18(24,25)26)11-14(10-12)16(34,19(27,28)29)20(30,31)32;;;;/h9-11,33-34H,6-8H2,1-5H3;4*1H4. The molecule has 0 saturated heterocycles. The highest BCUT2D eigenvalue weighted by Gasteiger charge is 2.74. The predicted octanol–water partition coefficient (Wildman–Crippen LogP) is 9.36. The van der Waals surface area contributed by atoms with Gasteiger partial charge in [0.15, 0.2) is 8.32 Å². The number of aryl methyl sites for hydroxylation is 1. The lowest BCUT2D eigenvalue weighted by molar-refractivity contribution is -0.378. The van der Waals surface area contributed by atoms with Gasteiger partial charge in [-0.25, -0.2) is 0 Å². The first-order valence-electron chi connectivity index (χ1n) is 10.7. The minimum atomic E-state index is -6.60. The van der Waals surface area contributed by atoms with Gasteiger partial charge in [-0.1, -0.05) is 41.8 Å². The zero-order valence-corrected chi connectivity index (χ0v) is 22.6. The number of aliphatic hydroxyl groups is 2. The van der Waals surface area contributed by atoms with E-state index < -0.39 is 82.0 Å². The maximum absolute atomic E-state index is 13.4. The molecule has 0 aromatic heterocycles. The lowest BCUT2D eigenvalue weighted by Gasteiger charge is -2.36. The maximum Gasteiger partial charge on any atom is 0.430 e. The molecule has 0 unspecified atom stereocenters. The van der Waals surface area contributed by atoms with E-state index in [-0.39, 0.29) is 54.3 Å². The molecule has 42 heavy (non-hydrogen) atoms. The molecular formula is C24H42F12O4Si2.